The molecule has 3 unspecified atom stereocenters. The Hall–Kier alpha value is -1.88. The molecule has 1 aliphatic rings. The predicted octanol–water partition coefficient (Wildman–Crippen LogP) is 0.289. The van der Waals surface area contributed by atoms with Gasteiger partial charge in [0, 0.05) is 0 Å². The minimum absolute atomic E-state index is 0.0365. The van der Waals surface area contributed by atoms with Crippen LogP contribution in [0.4, 0.5) is 0 Å². The number of ketones is 1. The van der Waals surface area contributed by atoms with Crippen molar-refractivity contribution in [3.8, 4) is 0 Å². The number of hydrogen-bond acceptors (Lipinski definition) is 9. The van der Waals surface area contributed by atoms with Crippen LogP contribution < -0.4 is 5.32 Å². The van der Waals surface area contributed by atoms with E-state index in [-0.39, 0.29) is 31.3 Å². The number of hydrogen-bond donors (Lipinski definition) is 2. The molecule has 2 aromatic heterocycles. The lowest BCUT2D eigenvalue weighted by molar-refractivity contribution is -0.123. The van der Waals surface area contributed by atoms with Crippen molar-refractivity contribution in [3.05, 3.63) is 12.0 Å². The number of aliphatic hydroxyl groups excluding tert-OH is 1. The zero-order valence-corrected chi connectivity index (χ0v) is 15.4. The molecule has 26 heavy (non-hydrogen) atoms. The summed E-state index contributed by atoms with van der Waals surface area (Å²) < 4.78 is 7.59. The van der Waals surface area contributed by atoms with Crippen LogP contribution in [0.3, 0.4) is 0 Å². The predicted molar refractivity (Wildman–Crippen MR) is 95.1 cm³/mol. The third kappa shape index (κ3) is 3.50. The van der Waals surface area contributed by atoms with Gasteiger partial charge in [-0.05, 0) is 26.1 Å². The summed E-state index contributed by atoms with van der Waals surface area (Å²) in [5.41, 5.74) is 1.25. The summed E-state index contributed by atoms with van der Waals surface area (Å²) >= 11 is 1.32. The average molecular weight is 379 g/mol. The molecule has 3 heterocycles. The van der Waals surface area contributed by atoms with E-state index in [9.17, 15) is 14.7 Å². The van der Waals surface area contributed by atoms with Gasteiger partial charge in [-0.2, -0.15) is 0 Å². The molecule has 2 aromatic rings. The zero-order valence-electron chi connectivity index (χ0n) is 14.6. The Morgan fingerprint density at radius 2 is 2.35 bits per heavy atom. The van der Waals surface area contributed by atoms with Gasteiger partial charge in [0.2, 0.25) is 0 Å². The quantitative estimate of drug-likeness (QED) is 0.289. The molecule has 2 N–H and O–H groups in total. The molecule has 0 saturated carbocycles. The lowest BCUT2D eigenvalue weighted by atomic mass is 10.0. The van der Waals surface area contributed by atoms with Crippen LogP contribution in [0.15, 0.2) is 11.5 Å². The van der Waals surface area contributed by atoms with Crippen molar-refractivity contribution >= 4 is 35.0 Å². The Kier molecular flexibility index (Phi) is 5.97. The van der Waals surface area contributed by atoms with Gasteiger partial charge in [-0.3, -0.25) is 9.36 Å². The number of likely N-dealkylation sites (N-methyl/N-ethyl adjacent to an activating group) is 1. The van der Waals surface area contributed by atoms with Crippen molar-refractivity contribution in [1.29, 1.82) is 0 Å². The molecule has 1 aliphatic heterocycles. The number of aliphatic hydroxyl groups is 1. The molecule has 140 valence electrons. The van der Waals surface area contributed by atoms with Crippen molar-refractivity contribution in [1.82, 2.24) is 24.8 Å². The highest BCUT2D eigenvalue weighted by atomic mass is 32.2. The van der Waals surface area contributed by atoms with E-state index in [1.165, 1.54) is 11.8 Å². The first-order chi connectivity index (χ1) is 12.6. The summed E-state index contributed by atoms with van der Waals surface area (Å²) in [7, 11) is 1.65. The minimum atomic E-state index is -1.00. The first kappa shape index (κ1) is 18.9. The standard InChI is InChI=1S/C16H21N5O4S/c1-17-5-11(24)10(7-23)13-14-15(20-16(19-13)26-2)21(8-18-14)12-4-3-9(6-22)25-12/h7-10,12,17,22H,3-6H2,1-2H3. The first-order valence-corrected chi connectivity index (χ1v) is 9.52. The van der Waals surface area contributed by atoms with Crippen LogP contribution in [0.5, 0.6) is 0 Å². The van der Waals surface area contributed by atoms with E-state index in [0.717, 1.165) is 12.8 Å². The van der Waals surface area contributed by atoms with E-state index < -0.39 is 5.92 Å². The Balaban J connectivity index is 2.07. The fourth-order valence-corrected chi connectivity index (χ4v) is 3.41. The summed E-state index contributed by atoms with van der Waals surface area (Å²) in [6.45, 7) is 0.0271. The lowest BCUT2D eigenvalue weighted by Gasteiger charge is -2.15. The number of ether oxygens (including phenoxy) is 1. The van der Waals surface area contributed by atoms with Crippen LogP contribution in [0.1, 0.15) is 30.7 Å². The maximum Gasteiger partial charge on any atom is 0.189 e. The molecule has 0 radical (unpaired) electrons. The second-order valence-corrected chi connectivity index (χ2v) is 6.78. The van der Waals surface area contributed by atoms with Gasteiger partial charge in [-0.1, -0.05) is 11.8 Å². The summed E-state index contributed by atoms with van der Waals surface area (Å²) in [6.07, 6.45) is 4.97. The molecule has 0 spiro atoms. The van der Waals surface area contributed by atoms with E-state index in [0.29, 0.717) is 28.3 Å². The Bertz CT molecular complexity index is 811. The van der Waals surface area contributed by atoms with Crippen molar-refractivity contribution < 1.29 is 19.4 Å². The summed E-state index contributed by atoms with van der Waals surface area (Å²) in [5, 5.41) is 12.5. The van der Waals surface area contributed by atoms with Crippen LogP contribution in [0.2, 0.25) is 0 Å². The van der Waals surface area contributed by atoms with Crippen molar-refractivity contribution in [2.24, 2.45) is 0 Å². The van der Waals surface area contributed by atoms with Gasteiger partial charge in [-0.15, -0.1) is 0 Å². The van der Waals surface area contributed by atoms with Gasteiger partial charge in [0.05, 0.1) is 31.3 Å². The van der Waals surface area contributed by atoms with Gasteiger partial charge < -0.3 is 20.0 Å². The summed E-state index contributed by atoms with van der Waals surface area (Å²) in [6, 6.07) is 0. The van der Waals surface area contributed by atoms with Gasteiger partial charge in [0.1, 0.15) is 23.9 Å². The smallest absolute Gasteiger partial charge is 0.189 e. The Morgan fingerprint density at radius 3 is 2.96 bits per heavy atom. The normalized spacial score (nSPS) is 21.2. The number of Topliss-reactive ketones (excluding diaryl/α,β-unsaturated/α-hetero) is 1. The number of aromatic nitrogens is 4. The van der Waals surface area contributed by atoms with Crippen molar-refractivity contribution in [3.63, 3.8) is 0 Å². The number of carbonyl (C=O) groups excluding carboxylic acids is 2. The van der Waals surface area contributed by atoms with Crippen LogP contribution in [-0.4, -0.2) is 69.3 Å². The Labute approximate surface area is 154 Å². The highest BCUT2D eigenvalue weighted by molar-refractivity contribution is 7.98. The zero-order chi connectivity index (χ0) is 18.7. The lowest BCUT2D eigenvalue weighted by Crippen LogP contribution is -2.26. The molecular formula is C16H21N5O4S. The van der Waals surface area contributed by atoms with Crippen LogP contribution in [0.25, 0.3) is 11.2 Å². The largest absolute Gasteiger partial charge is 0.394 e. The van der Waals surface area contributed by atoms with E-state index in [1.807, 2.05) is 6.26 Å². The van der Waals surface area contributed by atoms with E-state index >= 15 is 0 Å². The number of nitrogens with zero attached hydrogens (tertiary/aromatic N) is 4. The molecule has 9 nitrogen and oxygen atoms in total. The average Bonchev–Trinajstić information content (AvgIpc) is 3.28. The maximum atomic E-state index is 12.3. The number of thioether (sulfide) groups is 1. The summed E-state index contributed by atoms with van der Waals surface area (Å²) in [5.74, 6) is -1.28. The van der Waals surface area contributed by atoms with Crippen LogP contribution >= 0.6 is 11.8 Å². The molecule has 0 aliphatic carbocycles. The van der Waals surface area contributed by atoms with Crippen LogP contribution in [0, 0.1) is 0 Å². The van der Waals surface area contributed by atoms with E-state index in [4.69, 9.17) is 4.74 Å². The minimum Gasteiger partial charge on any atom is -0.394 e. The highest BCUT2D eigenvalue weighted by Crippen LogP contribution is 2.32. The molecule has 10 heteroatoms. The van der Waals surface area contributed by atoms with E-state index in [1.54, 1.807) is 17.9 Å². The Morgan fingerprint density at radius 1 is 1.54 bits per heavy atom. The fourth-order valence-electron chi connectivity index (χ4n) is 3.04. The van der Waals surface area contributed by atoms with Crippen molar-refractivity contribution in [2.45, 2.75) is 36.2 Å². The number of imidazole rings is 1. The molecule has 1 fully saturated rings. The second-order valence-electron chi connectivity index (χ2n) is 6.00. The molecule has 0 aromatic carbocycles. The first-order valence-electron chi connectivity index (χ1n) is 8.30. The molecule has 0 bridgehead atoms. The number of carbonyl (C=O) groups is 2. The SMILES string of the molecule is CNCC(=O)C(C=O)c1nc(SC)nc2c1ncn2C1CCC(CO)O1. The monoisotopic (exact) mass is 379 g/mol. The topological polar surface area (TPSA) is 119 Å². The highest BCUT2D eigenvalue weighted by Gasteiger charge is 2.30. The fraction of sp³-hybridized carbons (Fsp3) is 0.562. The number of rotatable bonds is 8. The molecular weight excluding hydrogens is 358 g/mol. The second kappa shape index (κ2) is 8.21. The number of aldehydes is 1. The molecule has 3 atom stereocenters. The molecule has 1 saturated heterocycles. The molecule has 0 amide bonds. The van der Waals surface area contributed by atoms with Gasteiger partial charge >= 0.3 is 0 Å². The third-order valence-electron chi connectivity index (χ3n) is 4.34. The van der Waals surface area contributed by atoms with E-state index in [2.05, 4.69) is 20.3 Å². The summed E-state index contributed by atoms with van der Waals surface area (Å²) in [4.78, 5) is 37.2. The molecule has 3 rings (SSSR count). The van der Waals surface area contributed by atoms with Crippen LogP contribution in [-0.2, 0) is 14.3 Å². The maximum absolute atomic E-state index is 12.3. The third-order valence-corrected chi connectivity index (χ3v) is 4.89. The van der Waals surface area contributed by atoms with Gasteiger partial charge in [-0.25, -0.2) is 15.0 Å². The van der Waals surface area contributed by atoms with Gasteiger partial charge in [0.15, 0.2) is 16.6 Å². The van der Waals surface area contributed by atoms with Crippen molar-refractivity contribution in [2.75, 3.05) is 26.5 Å². The number of nitrogens with one attached hydrogen (secondary N) is 1. The van der Waals surface area contributed by atoms with Gasteiger partial charge in [0.25, 0.3) is 0 Å². The number of fused-ring (bicyclic) bond motifs is 1.